The molecule has 0 spiro atoms. The zero-order valence-electron chi connectivity index (χ0n) is 13.0. The number of ether oxygens (including phenoxy) is 1. The maximum atomic E-state index is 12.8. The average Bonchev–Trinajstić information content (AvgIpc) is 3.06. The molecule has 0 fully saturated rings. The summed E-state index contributed by atoms with van der Waals surface area (Å²) >= 11 is 1.50. The highest BCUT2D eigenvalue weighted by Crippen LogP contribution is 2.60. The molecule has 0 radical (unpaired) electrons. The first kappa shape index (κ1) is 17.0. The lowest BCUT2D eigenvalue weighted by Crippen LogP contribution is -2.12. The summed E-state index contributed by atoms with van der Waals surface area (Å²) in [6, 6.07) is 9.50. The van der Waals surface area contributed by atoms with Gasteiger partial charge in [0.15, 0.2) is 5.78 Å². The first-order chi connectivity index (χ1) is 10.5. The van der Waals surface area contributed by atoms with Gasteiger partial charge in [0.05, 0.1) is 7.11 Å². The van der Waals surface area contributed by atoms with Gasteiger partial charge in [0.2, 0.25) is 0 Å². The molecule has 1 heterocycles. The molecule has 2 aromatic rings. The third-order valence-electron chi connectivity index (χ3n) is 3.34. The van der Waals surface area contributed by atoms with Crippen LogP contribution in [0.15, 0.2) is 35.7 Å². The van der Waals surface area contributed by atoms with Crippen LogP contribution in [0.4, 0.5) is 5.69 Å². The van der Waals surface area contributed by atoms with Crippen molar-refractivity contribution in [3.05, 3.63) is 46.2 Å². The fourth-order valence-electron chi connectivity index (χ4n) is 2.16. The molecule has 0 aliphatic rings. The molecule has 2 rings (SSSR count). The monoisotopic (exact) mass is 341 g/mol. The third kappa shape index (κ3) is 3.52. The van der Waals surface area contributed by atoms with E-state index in [0.29, 0.717) is 0 Å². The minimum atomic E-state index is -3.31. The van der Waals surface area contributed by atoms with Gasteiger partial charge in [-0.15, -0.1) is 11.3 Å². The first-order valence-corrected chi connectivity index (χ1v) is 9.19. The maximum Gasteiger partial charge on any atom is 0.357 e. The minimum Gasteiger partial charge on any atom is -0.496 e. The highest BCUT2D eigenvalue weighted by Gasteiger charge is 2.36. The molecule has 5 nitrogen and oxygen atoms in total. The summed E-state index contributed by atoms with van der Waals surface area (Å²) in [5, 5.41) is 5.19. The molecule has 0 aliphatic carbocycles. The fourth-order valence-corrected chi connectivity index (χ4v) is 4.67. The molecule has 0 saturated heterocycles. The van der Waals surface area contributed by atoms with Crippen molar-refractivity contribution in [2.75, 3.05) is 26.6 Å². The van der Waals surface area contributed by atoms with Crippen LogP contribution in [0.2, 0.25) is 0 Å². The standard InChI is InChI=1S/C15H20NO4PS/c1-11-10-12(7-8-13(11)18-2)16-15(14-6-5-9-22-14)21(17,19-3)20-4/h5-10,15-16H,1-4H3/t15-/m1/s1. The summed E-state index contributed by atoms with van der Waals surface area (Å²) in [4.78, 5) is 0.889. The highest BCUT2D eigenvalue weighted by atomic mass is 32.1. The van der Waals surface area contributed by atoms with Crippen molar-refractivity contribution in [1.29, 1.82) is 0 Å². The first-order valence-electron chi connectivity index (χ1n) is 6.70. The molecule has 0 amide bonds. The Morgan fingerprint density at radius 3 is 2.41 bits per heavy atom. The lowest BCUT2D eigenvalue weighted by atomic mass is 10.2. The van der Waals surface area contributed by atoms with Gasteiger partial charge >= 0.3 is 7.60 Å². The molecular weight excluding hydrogens is 321 g/mol. The predicted octanol–water partition coefficient (Wildman–Crippen LogP) is 4.66. The maximum absolute atomic E-state index is 12.8. The Kier molecular flexibility index (Phi) is 5.64. The second-order valence-corrected chi connectivity index (χ2v) is 7.96. The molecule has 1 aromatic heterocycles. The Balaban J connectivity index is 2.35. The predicted molar refractivity (Wildman–Crippen MR) is 90.0 cm³/mol. The van der Waals surface area contributed by atoms with Crippen LogP contribution in [-0.2, 0) is 13.6 Å². The van der Waals surface area contributed by atoms with E-state index in [4.69, 9.17) is 13.8 Å². The van der Waals surface area contributed by atoms with Crippen molar-refractivity contribution in [1.82, 2.24) is 0 Å². The number of rotatable bonds is 7. The van der Waals surface area contributed by atoms with E-state index in [2.05, 4.69) is 5.32 Å². The van der Waals surface area contributed by atoms with Crippen molar-refractivity contribution in [2.45, 2.75) is 12.7 Å². The van der Waals surface area contributed by atoms with E-state index in [1.54, 1.807) is 7.11 Å². The number of thiophene rings is 1. The Hall–Kier alpha value is -1.33. The van der Waals surface area contributed by atoms with Gasteiger partial charge in [-0.1, -0.05) is 6.07 Å². The van der Waals surface area contributed by atoms with Crippen molar-refractivity contribution in [3.63, 3.8) is 0 Å². The number of methoxy groups -OCH3 is 1. The molecule has 7 heteroatoms. The van der Waals surface area contributed by atoms with Gasteiger partial charge in [0, 0.05) is 24.8 Å². The van der Waals surface area contributed by atoms with Crippen LogP contribution < -0.4 is 10.1 Å². The van der Waals surface area contributed by atoms with Crippen LogP contribution in [0.25, 0.3) is 0 Å². The van der Waals surface area contributed by atoms with Gasteiger partial charge < -0.3 is 19.1 Å². The van der Waals surface area contributed by atoms with Crippen LogP contribution in [0.5, 0.6) is 5.75 Å². The Labute approximate surface area is 134 Å². The third-order valence-corrected chi connectivity index (χ3v) is 6.51. The topological polar surface area (TPSA) is 56.8 Å². The molecule has 0 saturated carbocycles. The smallest absolute Gasteiger partial charge is 0.357 e. The normalized spacial score (nSPS) is 12.9. The Morgan fingerprint density at radius 1 is 1.18 bits per heavy atom. The van der Waals surface area contributed by atoms with Crippen LogP contribution in [0, 0.1) is 6.92 Å². The average molecular weight is 341 g/mol. The molecule has 0 unspecified atom stereocenters. The Bertz CT molecular complexity index is 652. The summed E-state index contributed by atoms with van der Waals surface area (Å²) in [7, 11) is 1.11. The van der Waals surface area contributed by atoms with Crippen LogP contribution in [0.1, 0.15) is 16.2 Å². The summed E-state index contributed by atoms with van der Waals surface area (Å²) < 4.78 is 28.4. The van der Waals surface area contributed by atoms with Gasteiger partial charge in [0.25, 0.3) is 0 Å². The van der Waals surface area contributed by atoms with Crippen LogP contribution in [-0.4, -0.2) is 21.3 Å². The van der Waals surface area contributed by atoms with E-state index in [-0.39, 0.29) is 0 Å². The second-order valence-electron chi connectivity index (χ2n) is 4.65. The van der Waals surface area contributed by atoms with Gasteiger partial charge in [-0.3, -0.25) is 4.57 Å². The second kappa shape index (κ2) is 7.29. The highest BCUT2D eigenvalue weighted by molar-refractivity contribution is 7.54. The number of aryl methyl sites for hydroxylation is 1. The van der Waals surface area contributed by atoms with Crippen molar-refractivity contribution < 1.29 is 18.3 Å². The van der Waals surface area contributed by atoms with E-state index < -0.39 is 13.4 Å². The SMILES string of the molecule is COc1ccc(N[C@@H](c2cccs2)P(=O)(OC)OC)cc1C. The quantitative estimate of drug-likeness (QED) is 0.742. The summed E-state index contributed by atoms with van der Waals surface area (Å²) in [5.74, 6) is 0.246. The molecule has 22 heavy (non-hydrogen) atoms. The van der Waals surface area contributed by atoms with E-state index in [1.807, 2.05) is 42.6 Å². The van der Waals surface area contributed by atoms with Crippen molar-refractivity contribution in [3.8, 4) is 5.75 Å². The van der Waals surface area contributed by atoms with Gasteiger partial charge in [-0.25, -0.2) is 0 Å². The summed E-state index contributed by atoms with van der Waals surface area (Å²) in [5.41, 5.74) is 1.81. The number of benzene rings is 1. The number of hydrogen-bond donors (Lipinski definition) is 1. The molecule has 120 valence electrons. The van der Waals surface area contributed by atoms with Crippen molar-refractivity contribution in [2.24, 2.45) is 0 Å². The lowest BCUT2D eigenvalue weighted by Gasteiger charge is -2.25. The molecule has 1 aromatic carbocycles. The molecule has 1 N–H and O–H groups in total. The minimum absolute atomic E-state index is 0.560. The lowest BCUT2D eigenvalue weighted by molar-refractivity contribution is 0.269. The van der Waals surface area contributed by atoms with Crippen LogP contribution in [0.3, 0.4) is 0 Å². The number of anilines is 1. The van der Waals surface area contributed by atoms with E-state index in [1.165, 1.54) is 25.6 Å². The summed E-state index contributed by atoms with van der Waals surface area (Å²) in [6.45, 7) is 1.95. The molecular formula is C15H20NO4PS. The number of hydrogen-bond acceptors (Lipinski definition) is 6. The molecule has 0 bridgehead atoms. The number of nitrogens with one attached hydrogen (secondary N) is 1. The van der Waals surface area contributed by atoms with E-state index in [9.17, 15) is 4.57 Å². The zero-order chi connectivity index (χ0) is 16.2. The summed E-state index contributed by atoms with van der Waals surface area (Å²) in [6.07, 6.45) is 0. The van der Waals surface area contributed by atoms with Gasteiger partial charge in [-0.2, -0.15) is 0 Å². The largest absolute Gasteiger partial charge is 0.496 e. The zero-order valence-corrected chi connectivity index (χ0v) is 14.7. The van der Waals surface area contributed by atoms with Crippen LogP contribution >= 0.6 is 18.9 Å². The van der Waals surface area contributed by atoms with E-state index >= 15 is 0 Å². The van der Waals surface area contributed by atoms with E-state index in [0.717, 1.165) is 21.9 Å². The fraction of sp³-hybridized carbons (Fsp3) is 0.333. The van der Waals surface area contributed by atoms with Crippen molar-refractivity contribution >= 4 is 24.6 Å². The van der Waals surface area contributed by atoms with Gasteiger partial charge in [0.1, 0.15) is 5.75 Å². The molecule has 1 atom stereocenters. The van der Waals surface area contributed by atoms with Gasteiger partial charge in [-0.05, 0) is 42.1 Å². The Morgan fingerprint density at radius 2 is 1.91 bits per heavy atom. The molecule has 0 aliphatic heterocycles.